The molecule has 1 aromatic heterocycles. The van der Waals surface area contributed by atoms with Crippen molar-refractivity contribution in [1.29, 1.82) is 0 Å². The molecule has 0 saturated heterocycles. The number of nitrogens with two attached hydrogens (primary N) is 2. The number of nitrogen functional groups attached to an aromatic ring is 1. The first-order valence-corrected chi connectivity index (χ1v) is 7.72. The molecule has 3 rings (SSSR count). The first-order valence-electron chi connectivity index (χ1n) is 7.72. The molecule has 0 aliphatic heterocycles. The monoisotopic (exact) mass is 337 g/mol. The van der Waals surface area contributed by atoms with Crippen molar-refractivity contribution in [1.82, 2.24) is 4.98 Å². The third-order valence-electron chi connectivity index (χ3n) is 4.29. The van der Waals surface area contributed by atoms with Crippen LogP contribution in [0.5, 0.6) is 17.2 Å². The maximum atomic E-state index is 11.7. The topological polar surface area (TPSA) is 100 Å². The zero-order chi connectivity index (χ0) is 18.1. The van der Waals surface area contributed by atoms with Gasteiger partial charge in [0.1, 0.15) is 17.2 Å². The fourth-order valence-corrected chi connectivity index (χ4v) is 2.64. The second-order valence-corrected chi connectivity index (χ2v) is 5.75. The number of hydrogen-bond donors (Lipinski definition) is 2. The SMILES string of the molecule is COc1cc2nccc(Oc3ccc(N)c(C)c3C)c2cc1C(N)=O. The standard InChI is InChI=1S/C19H19N3O3/c1-10-11(2)16(5-4-14(10)20)25-17-6-7-22-15-9-18(24-3)13(19(21)23)8-12(15)17/h4-9H,20H2,1-3H3,(H2,21,23). The van der Waals surface area contributed by atoms with Gasteiger partial charge in [0.15, 0.2) is 0 Å². The second-order valence-electron chi connectivity index (χ2n) is 5.75. The summed E-state index contributed by atoms with van der Waals surface area (Å²) < 4.78 is 11.3. The predicted octanol–water partition coefficient (Wildman–Crippen LogP) is 3.33. The lowest BCUT2D eigenvalue weighted by molar-refractivity contribution is 0.0997. The average Bonchev–Trinajstić information content (AvgIpc) is 2.61. The molecule has 0 spiro atoms. The van der Waals surface area contributed by atoms with E-state index in [1.807, 2.05) is 19.9 Å². The van der Waals surface area contributed by atoms with Gasteiger partial charge in [-0.2, -0.15) is 0 Å². The number of carbonyl (C=O) groups excluding carboxylic acids is 1. The molecule has 1 heterocycles. The van der Waals surface area contributed by atoms with Gasteiger partial charge in [0.05, 0.1) is 18.2 Å². The third kappa shape index (κ3) is 2.94. The van der Waals surface area contributed by atoms with Gasteiger partial charge in [-0.15, -0.1) is 0 Å². The number of aromatic nitrogens is 1. The van der Waals surface area contributed by atoms with Crippen LogP contribution in [-0.4, -0.2) is 18.0 Å². The number of ether oxygens (including phenoxy) is 2. The lowest BCUT2D eigenvalue weighted by Gasteiger charge is -2.14. The number of benzene rings is 2. The Hall–Kier alpha value is -3.28. The van der Waals surface area contributed by atoms with Gasteiger partial charge in [-0.05, 0) is 49.2 Å². The van der Waals surface area contributed by atoms with Gasteiger partial charge in [-0.3, -0.25) is 9.78 Å². The van der Waals surface area contributed by atoms with Crippen molar-refractivity contribution in [2.75, 3.05) is 12.8 Å². The van der Waals surface area contributed by atoms with Crippen LogP contribution in [0.15, 0.2) is 36.5 Å². The predicted molar refractivity (Wildman–Crippen MR) is 97.2 cm³/mol. The number of pyridine rings is 1. The molecule has 25 heavy (non-hydrogen) atoms. The highest BCUT2D eigenvalue weighted by Crippen LogP contribution is 2.35. The van der Waals surface area contributed by atoms with E-state index in [9.17, 15) is 4.79 Å². The Morgan fingerprint density at radius 1 is 1.04 bits per heavy atom. The highest BCUT2D eigenvalue weighted by Gasteiger charge is 2.15. The molecule has 4 N–H and O–H groups in total. The largest absolute Gasteiger partial charge is 0.496 e. The van der Waals surface area contributed by atoms with Gasteiger partial charge >= 0.3 is 0 Å². The van der Waals surface area contributed by atoms with Crippen LogP contribution in [0.1, 0.15) is 21.5 Å². The molecule has 6 nitrogen and oxygen atoms in total. The molecule has 1 amide bonds. The molecule has 0 unspecified atom stereocenters. The van der Waals surface area contributed by atoms with Crippen molar-refractivity contribution >= 4 is 22.5 Å². The zero-order valence-electron chi connectivity index (χ0n) is 14.3. The second kappa shape index (κ2) is 6.32. The number of methoxy groups -OCH3 is 1. The molecule has 0 atom stereocenters. The fourth-order valence-electron chi connectivity index (χ4n) is 2.64. The van der Waals surface area contributed by atoms with E-state index in [1.165, 1.54) is 7.11 Å². The van der Waals surface area contributed by atoms with E-state index in [0.29, 0.717) is 33.8 Å². The van der Waals surface area contributed by atoms with Crippen LogP contribution < -0.4 is 20.9 Å². The molecule has 128 valence electrons. The van der Waals surface area contributed by atoms with Gasteiger partial charge in [-0.1, -0.05) is 0 Å². The minimum absolute atomic E-state index is 0.276. The van der Waals surface area contributed by atoms with Gasteiger partial charge in [0.25, 0.3) is 5.91 Å². The molecule has 0 saturated carbocycles. The molecule has 2 aromatic carbocycles. The van der Waals surface area contributed by atoms with Crippen LogP contribution >= 0.6 is 0 Å². The summed E-state index contributed by atoms with van der Waals surface area (Å²) in [4.78, 5) is 16.0. The summed E-state index contributed by atoms with van der Waals surface area (Å²) in [6.45, 7) is 3.89. The van der Waals surface area contributed by atoms with E-state index in [2.05, 4.69) is 4.98 Å². The average molecular weight is 337 g/mol. The van der Waals surface area contributed by atoms with Crippen molar-refractivity contribution in [3.63, 3.8) is 0 Å². The van der Waals surface area contributed by atoms with E-state index in [4.69, 9.17) is 20.9 Å². The zero-order valence-corrected chi connectivity index (χ0v) is 14.3. The number of primary amides is 1. The number of hydrogen-bond acceptors (Lipinski definition) is 5. The van der Waals surface area contributed by atoms with E-state index in [1.54, 1.807) is 30.5 Å². The lowest BCUT2D eigenvalue weighted by Crippen LogP contribution is -2.12. The summed E-state index contributed by atoms with van der Waals surface area (Å²) in [6.07, 6.45) is 1.64. The van der Waals surface area contributed by atoms with E-state index in [-0.39, 0.29) is 5.56 Å². The van der Waals surface area contributed by atoms with Gasteiger partial charge in [0, 0.05) is 23.3 Å². The van der Waals surface area contributed by atoms with Gasteiger partial charge < -0.3 is 20.9 Å². The summed E-state index contributed by atoms with van der Waals surface area (Å²) in [7, 11) is 1.48. The fraction of sp³-hybridized carbons (Fsp3) is 0.158. The molecule has 0 aliphatic rings. The van der Waals surface area contributed by atoms with Crippen molar-refractivity contribution < 1.29 is 14.3 Å². The summed E-state index contributed by atoms with van der Waals surface area (Å²) in [5.74, 6) is 1.07. The highest BCUT2D eigenvalue weighted by molar-refractivity contribution is 6.01. The number of nitrogens with zero attached hydrogens (tertiary/aromatic N) is 1. The quantitative estimate of drug-likeness (QED) is 0.711. The smallest absolute Gasteiger partial charge is 0.252 e. The van der Waals surface area contributed by atoms with Gasteiger partial charge in [0.2, 0.25) is 0 Å². The maximum absolute atomic E-state index is 11.7. The van der Waals surface area contributed by atoms with Crippen LogP contribution in [0.25, 0.3) is 10.9 Å². The molecule has 6 heteroatoms. The van der Waals surface area contributed by atoms with Crippen molar-refractivity contribution in [3.8, 4) is 17.2 Å². The first kappa shape index (κ1) is 16.6. The minimum atomic E-state index is -0.576. The summed E-state index contributed by atoms with van der Waals surface area (Å²) in [5, 5.41) is 0.672. The summed E-state index contributed by atoms with van der Waals surface area (Å²) in [5.41, 5.74) is 14.9. The Morgan fingerprint density at radius 2 is 1.80 bits per heavy atom. The number of anilines is 1. The van der Waals surface area contributed by atoms with Gasteiger partial charge in [-0.25, -0.2) is 0 Å². The lowest BCUT2D eigenvalue weighted by atomic mass is 10.1. The van der Waals surface area contributed by atoms with Crippen LogP contribution in [0.2, 0.25) is 0 Å². The molecule has 0 aliphatic carbocycles. The molecule has 0 fully saturated rings. The molecule has 0 radical (unpaired) electrons. The Morgan fingerprint density at radius 3 is 2.48 bits per heavy atom. The van der Waals surface area contributed by atoms with Crippen molar-refractivity contribution in [3.05, 3.63) is 53.2 Å². The van der Waals surface area contributed by atoms with Crippen molar-refractivity contribution in [2.24, 2.45) is 5.73 Å². The van der Waals surface area contributed by atoms with Crippen LogP contribution in [-0.2, 0) is 0 Å². The Balaban J connectivity index is 2.15. The maximum Gasteiger partial charge on any atom is 0.252 e. The van der Waals surface area contributed by atoms with Crippen LogP contribution in [0.4, 0.5) is 5.69 Å². The molecule has 0 bridgehead atoms. The number of carbonyl (C=O) groups is 1. The Bertz CT molecular complexity index is 983. The van der Waals surface area contributed by atoms with E-state index >= 15 is 0 Å². The molecular weight excluding hydrogens is 318 g/mol. The van der Waals surface area contributed by atoms with Crippen molar-refractivity contribution in [2.45, 2.75) is 13.8 Å². The minimum Gasteiger partial charge on any atom is -0.496 e. The molecule has 3 aromatic rings. The number of rotatable bonds is 4. The molecular formula is C19H19N3O3. The first-order chi connectivity index (χ1) is 11.9. The number of amides is 1. The van der Waals surface area contributed by atoms with Crippen LogP contribution in [0.3, 0.4) is 0 Å². The number of fused-ring (bicyclic) bond motifs is 1. The third-order valence-corrected chi connectivity index (χ3v) is 4.29. The van der Waals surface area contributed by atoms with Crippen LogP contribution in [0, 0.1) is 13.8 Å². The van der Waals surface area contributed by atoms with E-state index in [0.717, 1.165) is 11.1 Å². The summed E-state index contributed by atoms with van der Waals surface area (Å²) in [6, 6.07) is 8.67. The Labute approximate surface area is 145 Å². The summed E-state index contributed by atoms with van der Waals surface area (Å²) >= 11 is 0. The highest BCUT2D eigenvalue weighted by atomic mass is 16.5. The van der Waals surface area contributed by atoms with E-state index < -0.39 is 5.91 Å². The Kier molecular flexibility index (Phi) is 4.19. The normalized spacial score (nSPS) is 10.7.